The Morgan fingerprint density at radius 1 is 1.25 bits per heavy atom. The second-order valence-electron chi connectivity index (χ2n) is 4.69. The van der Waals surface area contributed by atoms with Crippen molar-refractivity contribution < 1.29 is 4.43 Å². The molecule has 0 aromatic heterocycles. The van der Waals surface area contributed by atoms with Gasteiger partial charge in [0, 0.05) is 6.61 Å². The van der Waals surface area contributed by atoms with Crippen LogP contribution >= 0.6 is 0 Å². The summed E-state index contributed by atoms with van der Waals surface area (Å²) in [5, 5.41) is 0. The smallest absolute Gasteiger partial charge is 0.189 e. The lowest BCUT2D eigenvalue weighted by atomic mass is 10.2. The first-order valence-corrected chi connectivity index (χ1v) is 8.09. The van der Waals surface area contributed by atoms with Crippen LogP contribution in [-0.4, -0.2) is 14.9 Å². The van der Waals surface area contributed by atoms with Crippen LogP contribution in [-0.2, 0) is 4.43 Å². The van der Waals surface area contributed by atoms with Crippen LogP contribution in [0.1, 0.15) is 33.1 Å². The van der Waals surface area contributed by atoms with Crippen molar-refractivity contribution in [3.05, 3.63) is 0 Å². The van der Waals surface area contributed by atoms with E-state index in [0.717, 1.165) is 12.5 Å². The van der Waals surface area contributed by atoms with Gasteiger partial charge in [0.2, 0.25) is 0 Å². The Labute approximate surface area is 77.6 Å². The predicted molar refractivity (Wildman–Crippen MR) is 55.9 cm³/mol. The summed E-state index contributed by atoms with van der Waals surface area (Å²) in [5.41, 5.74) is 0. The number of hydrogen-bond acceptors (Lipinski definition) is 1. The molecule has 1 nitrogen and oxygen atoms in total. The Morgan fingerprint density at radius 2 is 1.83 bits per heavy atom. The molecular formula is C10H22OSi. The molecule has 0 atom stereocenters. The van der Waals surface area contributed by atoms with E-state index in [9.17, 15) is 0 Å². The van der Waals surface area contributed by atoms with Crippen LogP contribution in [0.4, 0.5) is 0 Å². The highest BCUT2D eigenvalue weighted by Crippen LogP contribution is 2.30. The van der Waals surface area contributed by atoms with Gasteiger partial charge in [0.1, 0.15) is 0 Å². The zero-order valence-corrected chi connectivity index (χ0v) is 9.73. The molecule has 0 unspecified atom stereocenters. The standard InChI is InChI=1S/C10H22OSi/c1-10(2)6-7-11-12(3)8-4-5-9-12/h10H,4-9H2,1-3H3. The third-order valence-corrected chi connectivity index (χ3v) is 6.53. The third-order valence-electron chi connectivity index (χ3n) is 2.81. The summed E-state index contributed by atoms with van der Waals surface area (Å²) >= 11 is 0. The maximum Gasteiger partial charge on any atom is 0.189 e. The van der Waals surface area contributed by atoms with E-state index in [-0.39, 0.29) is 0 Å². The SMILES string of the molecule is CC(C)CCO[Si]1(C)CCCC1. The largest absolute Gasteiger partial charge is 0.417 e. The van der Waals surface area contributed by atoms with Gasteiger partial charge in [0.15, 0.2) is 8.32 Å². The van der Waals surface area contributed by atoms with E-state index in [1.165, 1.54) is 31.4 Å². The van der Waals surface area contributed by atoms with E-state index >= 15 is 0 Å². The molecule has 0 bridgehead atoms. The highest BCUT2D eigenvalue weighted by atomic mass is 28.4. The van der Waals surface area contributed by atoms with Crippen molar-refractivity contribution in [2.24, 2.45) is 5.92 Å². The molecule has 1 rings (SSSR count). The summed E-state index contributed by atoms with van der Waals surface area (Å²) in [5.74, 6) is 0.795. The lowest BCUT2D eigenvalue weighted by Crippen LogP contribution is -2.30. The molecule has 1 saturated heterocycles. The van der Waals surface area contributed by atoms with E-state index in [1.54, 1.807) is 0 Å². The second kappa shape index (κ2) is 4.42. The molecule has 0 aromatic carbocycles. The van der Waals surface area contributed by atoms with Gasteiger partial charge in [-0.05, 0) is 31.0 Å². The van der Waals surface area contributed by atoms with Crippen molar-refractivity contribution in [1.82, 2.24) is 0 Å². The minimum absolute atomic E-state index is 0.795. The Bertz CT molecular complexity index is 128. The second-order valence-corrected chi connectivity index (χ2v) is 8.88. The average molecular weight is 186 g/mol. The molecule has 0 aromatic rings. The maximum atomic E-state index is 6.04. The summed E-state index contributed by atoms with van der Waals surface area (Å²) in [6.07, 6.45) is 4.08. The van der Waals surface area contributed by atoms with Crippen LogP contribution in [0.3, 0.4) is 0 Å². The first-order valence-electron chi connectivity index (χ1n) is 5.26. The molecule has 72 valence electrons. The predicted octanol–water partition coefficient (Wildman–Crippen LogP) is 3.42. The average Bonchev–Trinajstić information content (AvgIpc) is 2.35. The third kappa shape index (κ3) is 3.28. The van der Waals surface area contributed by atoms with Crippen LogP contribution in [0.5, 0.6) is 0 Å². The van der Waals surface area contributed by atoms with Crippen molar-refractivity contribution >= 4 is 8.32 Å². The highest BCUT2D eigenvalue weighted by molar-refractivity contribution is 6.73. The minimum Gasteiger partial charge on any atom is -0.417 e. The lowest BCUT2D eigenvalue weighted by molar-refractivity contribution is 0.279. The van der Waals surface area contributed by atoms with Gasteiger partial charge >= 0.3 is 0 Å². The molecule has 0 aliphatic carbocycles. The minimum atomic E-state index is -1.15. The number of rotatable bonds is 4. The van der Waals surface area contributed by atoms with Crippen LogP contribution < -0.4 is 0 Å². The molecule has 12 heavy (non-hydrogen) atoms. The van der Waals surface area contributed by atoms with Gasteiger partial charge in [0.05, 0.1) is 0 Å². The van der Waals surface area contributed by atoms with Crippen molar-refractivity contribution in [2.45, 2.75) is 51.7 Å². The molecule has 1 fully saturated rings. The maximum absolute atomic E-state index is 6.04. The van der Waals surface area contributed by atoms with Gasteiger partial charge in [-0.25, -0.2) is 0 Å². The van der Waals surface area contributed by atoms with Gasteiger partial charge in [0.25, 0.3) is 0 Å². The highest BCUT2D eigenvalue weighted by Gasteiger charge is 2.32. The fourth-order valence-electron chi connectivity index (χ4n) is 1.81. The van der Waals surface area contributed by atoms with Crippen LogP contribution in [0.25, 0.3) is 0 Å². The normalized spacial score (nSPS) is 22.0. The lowest BCUT2D eigenvalue weighted by Gasteiger charge is -2.22. The topological polar surface area (TPSA) is 9.23 Å². The molecule has 1 aliphatic rings. The molecule has 0 N–H and O–H groups in total. The fourth-order valence-corrected chi connectivity index (χ4v) is 4.95. The molecule has 0 saturated carbocycles. The van der Waals surface area contributed by atoms with Crippen LogP contribution in [0, 0.1) is 5.92 Å². The van der Waals surface area contributed by atoms with Gasteiger partial charge in [-0.1, -0.05) is 26.7 Å². The molecule has 0 spiro atoms. The van der Waals surface area contributed by atoms with Crippen molar-refractivity contribution in [3.63, 3.8) is 0 Å². The van der Waals surface area contributed by atoms with E-state index in [4.69, 9.17) is 4.43 Å². The summed E-state index contributed by atoms with van der Waals surface area (Å²) in [6.45, 7) is 7.95. The summed E-state index contributed by atoms with van der Waals surface area (Å²) in [6, 6.07) is 2.82. The Morgan fingerprint density at radius 3 is 2.33 bits per heavy atom. The zero-order valence-electron chi connectivity index (χ0n) is 8.73. The molecule has 1 aliphatic heterocycles. The Kier molecular flexibility index (Phi) is 3.78. The van der Waals surface area contributed by atoms with Gasteiger partial charge in [-0.3, -0.25) is 0 Å². The molecule has 0 radical (unpaired) electrons. The number of hydrogen-bond donors (Lipinski definition) is 0. The van der Waals surface area contributed by atoms with Crippen molar-refractivity contribution in [3.8, 4) is 0 Å². The molecule has 1 heterocycles. The quantitative estimate of drug-likeness (QED) is 0.611. The Hall–Kier alpha value is 0.177. The van der Waals surface area contributed by atoms with E-state index in [1.807, 2.05) is 0 Å². The summed E-state index contributed by atoms with van der Waals surface area (Å²) in [7, 11) is -1.15. The fraction of sp³-hybridized carbons (Fsp3) is 1.00. The van der Waals surface area contributed by atoms with E-state index in [0.29, 0.717) is 0 Å². The van der Waals surface area contributed by atoms with Crippen molar-refractivity contribution in [2.75, 3.05) is 6.61 Å². The summed E-state index contributed by atoms with van der Waals surface area (Å²) in [4.78, 5) is 0. The first kappa shape index (κ1) is 10.3. The van der Waals surface area contributed by atoms with Gasteiger partial charge in [-0.2, -0.15) is 0 Å². The Balaban J connectivity index is 2.13. The zero-order chi connectivity index (χ0) is 9.03. The molecule has 2 heteroatoms. The van der Waals surface area contributed by atoms with Gasteiger partial charge in [-0.15, -0.1) is 0 Å². The van der Waals surface area contributed by atoms with Crippen molar-refractivity contribution in [1.29, 1.82) is 0 Å². The molecule has 0 amide bonds. The van der Waals surface area contributed by atoms with E-state index in [2.05, 4.69) is 20.4 Å². The first-order chi connectivity index (χ1) is 5.62. The van der Waals surface area contributed by atoms with Crippen LogP contribution in [0.15, 0.2) is 0 Å². The van der Waals surface area contributed by atoms with Crippen LogP contribution in [0.2, 0.25) is 18.6 Å². The van der Waals surface area contributed by atoms with E-state index < -0.39 is 8.32 Å². The van der Waals surface area contributed by atoms with Gasteiger partial charge < -0.3 is 4.43 Å². The summed E-state index contributed by atoms with van der Waals surface area (Å²) < 4.78 is 6.04. The molecular weight excluding hydrogens is 164 g/mol. The monoisotopic (exact) mass is 186 g/mol.